The molecule has 0 amide bonds. The molecule has 1 heterocycles. The first-order valence-corrected chi connectivity index (χ1v) is 8.49. The first kappa shape index (κ1) is 15.0. The smallest absolute Gasteiger partial charge is 0.244 e. The Bertz CT molecular complexity index is 563. The molecule has 2 unspecified atom stereocenters. The maximum absolute atomic E-state index is 12.6. The molecule has 106 valence electrons. The average Bonchev–Trinajstić information content (AvgIpc) is 2.70. The van der Waals surface area contributed by atoms with Crippen LogP contribution in [0.5, 0.6) is 0 Å². The molecule has 1 aliphatic rings. The normalized spacial score (nSPS) is 24.8. The zero-order chi connectivity index (χ0) is 14.2. The minimum Gasteiger partial charge on any atom is -0.392 e. The number of nitrogens with zero attached hydrogens (tertiary/aromatic N) is 1. The summed E-state index contributed by atoms with van der Waals surface area (Å²) in [5.41, 5.74) is 0.689. The quantitative estimate of drug-likeness (QED) is 0.911. The van der Waals surface area contributed by atoms with Crippen LogP contribution in [-0.2, 0) is 16.6 Å². The van der Waals surface area contributed by atoms with Crippen molar-refractivity contribution in [1.82, 2.24) is 4.31 Å². The molecular formula is C13H18BrNO3S. The summed E-state index contributed by atoms with van der Waals surface area (Å²) in [5.74, 6) is 0.760. The summed E-state index contributed by atoms with van der Waals surface area (Å²) in [4.78, 5) is 0.269. The molecule has 1 fully saturated rings. The standard InChI is InChI=1S/C13H18BrNO3S/c1-9-6-15(7-10(9)2)19(17,18)13-4-3-11(8-16)5-12(13)14/h3-5,9-10,16H,6-8H2,1-2H3. The number of benzene rings is 1. The van der Waals surface area contributed by atoms with Crippen LogP contribution >= 0.6 is 15.9 Å². The van der Waals surface area contributed by atoms with Crippen molar-refractivity contribution in [2.24, 2.45) is 11.8 Å². The van der Waals surface area contributed by atoms with Crippen molar-refractivity contribution in [3.63, 3.8) is 0 Å². The van der Waals surface area contributed by atoms with Gasteiger partial charge in [0.05, 0.1) is 11.5 Å². The molecule has 1 aromatic carbocycles. The predicted octanol–water partition coefficient (Wildman–Crippen LogP) is 2.22. The topological polar surface area (TPSA) is 57.6 Å². The van der Waals surface area contributed by atoms with Crippen LogP contribution in [0.2, 0.25) is 0 Å². The number of rotatable bonds is 3. The van der Waals surface area contributed by atoms with Gasteiger partial charge in [-0.25, -0.2) is 8.42 Å². The fourth-order valence-corrected chi connectivity index (χ4v) is 4.99. The second kappa shape index (κ2) is 5.52. The summed E-state index contributed by atoms with van der Waals surface area (Å²) in [6, 6.07) is 4.84. The van der Waals surface area contributed by atoms with Gasteiger partial charge in [-0.1, -0.05) is 19.9 Å². The van der Waals surface area contributed by atoms with E-state index in [0.717, 1.165) is 0 Å². The molecule has 0 spiro atoms. The van der Waals surface area contributed by atoms with Crippen LogP contribution in [0.25, 0.3) is 0 Å². The average molecular weight is 348 g/mol. The summed E-state index contributed by atoms with van der Waals surface area (Å²) in [6.45, 7) is 5.18. The summed E-state index contributed by atoms with van der Waals surface area (Å²) >= 11 is 3.28. The van der Waals surface area contributed by atoms with E-state index in [1.807, 2.05) is 0 Å². The molecule has 6 heteroatoms. The van der Waals surface area contributed by atoms with E-state index in [0.29, 0.717) is 35.0 Å². The van der Waals surface area contributed by atoms with Crippen molar-refractivity contribution in [3.8, 4) is 0 Å². The van der Waals surface area contributed by atoms with Crippen LogP contribution in [0, 0.1) is 11.8 Å². The summed E-state index contributed by atoms with van der Waals surface area (Å²) in [6.07, 6.45) is 0. The predicted molar refractivity (Wildman–Crippen MR) is 77.2 cm³/mol. The van der Waals surface area contributed by atoms with Gasteiger partial charge < -0.3 is 5.11 Å². The van der Waals surface area contributed by atoms with E-state index in [1.54, 1.807) is 22.5 Å². The highest BCUT2D eigenvalue weighted by atomic mass is 79.9. The summed E-state index contributed by atoms with van der Waals surface area (Å²) < 4.78 is 27.2. The Morgan fingerprint density at radius 1 is 1.32 bits per heavy atom. The maximum Gasteiger partial charge on any atom is 0.244 e. The molecule has 1 saturated heterocycles. The fourth-order valence-electron chi connectivity index (χ4n) is 2.26. The van der Waals surface area contributed by atoms with E-state index >= 15 is 0 Å². The van der Waals surface area contributed by atoms with Gasteiger partial charge in [-0.2, -0.15) is 4.31 Å². The molecule has 0 aromatic heterocycles. The van der Waals surface area contributed by atoms with E-state index in [2.05, 4.69) is 29.8 Å². The Kier molecular flexibility index (Phi) is 4.35. The molecule has 1 aromatic rings. The molecule has 2 atom stereocenters. The van der Waals surface area contributed by atoms with Crippen LogP contribution < -0.4 is 0 Å². The Labute approximate surface area is 122 Å². The second-order valence-electron chi connectivity index (χ2n) is 5.20. The largest absolute Gasteiger partial charge is 0.392 e. The molecule has 0 aliphatic carbocycles. The Hall–Kier alpha value is -0.430. The molecule has 1 aliphatic heterocycles. The van der Waals surface area contributed by atoms with Gasteiger partial charge in [0.15, 0.2) is 0 Å². The number of sulfonamides is 1. The zero-order valence-electron chi connectivity index (χ0n) is 11.0. The fraction of sp³-hybridized carbons (Fsp3) is 0.538. The second-order valence-corrected chi connectivity index (χ2v) is 7.96. The molecule has 2 rings (SSSR count). The zero-order valence-corrected chi connectivity index (χ0v) is 13.4. The number of halogens is 1. The SMILES string of the molecule is CC1CN(S(=O)(=O)c2ccc(CO)cc2Br)CC1C. The summed E-state index contributed by atoms with van der Waals surface area (Å²) in [5, 5.41) is 9.06. The summed E-state index contributed by atoms with van der Waals surface area (Å²) in [7, 11) is -3.46. The number of hydrogen-bond acceptors (Lipinski definition) is 3. The van der Waals surface area contributed by atoms with Gasteiger partial charge in [0.25, 0.3) is 0 Å². The molecule has 0 saturated carbocycles. The third-order valence-electron chi connectivity index (χ3n) is 3.75. The lowest BCUT2D eigenvalue weighted by Gasteiger charge is -2.17. The lowest BCUT2D eigenvalue weighted by Crippen LogP contribution is -2.29. The maximum atomic E-state index is 12.6. The highest BCUT2D eigenvalue weighted by molar-refractivity contribution is 9.10. The van der Waals surface area contributed by atoms with E-state index in [-0.39, 0.29) is 11.5 Å². The van der Waals surface area contributed by atoms with Crippen molar-refractivity contribution in [1.29, 1.82) is 0 Å². The van der Waals surface area contributed by atoms with Crippen molar-refractivity contribution < 1.29 is 13.5 Å². The van der Waals surface area contributed by atoms with Crippen LogP contribution in [-0.4, -0.2) is 30.9 Å². The van der Waals surface area contributed by atoms with Crippen LogP contribution in [0.1, 0.15) is 19.4 Å². The molecule has 0 bridgehead atoms. The van der Waals surface area contributed by atoms with Crippen molar-refractivity contribution in [2.45, 2.75) is 25.3 Å². The minimum absolute atomic E-state index is 0.100. The molecule has 4 nitrogen and oxygen atoms in total. The highest BCUT2D eigenvalue weighted by Gasteiger charge is 2.35. The molecule has 1 N–H and O–H groups in total. The van der Waals surface area contributed by atoms with Crippen LogP contribution in [0.15, 0.2) is 27.6 Å². The van der Waals surface area contributed by atoms with Crippen LogP contribution in [0.4, 0.5) is 0 Å². The van der Waals surface area contributed by atoms with Crippen molar-refractivity contribution in [2.75, 3.05) is 13.1 Å². The third-order valence-corrected chi connectivity index (χ3v) is 6.56. The van der Waals surface area contributed by atoms with Gasteiger partial charge in [0.1, 0.15) is 0 Å². The Morgan fingerprint density at radius 3 is 2.37 bits per heavy atom. The monoisotopic (exact) mass is 347 g/mol. The van der Waals surface area contributed by atoms with E-state index in [9.17, 15) is 8.42 Å². The van der Waals surface area contributed by atoms with Crippen molar-refractivity contribution >= 4 is 26.0 Å². The van der Waals surface area contributed by atoms with Gasteiger partial charge in [-0.15, -0.1) is 0 Å². The Morgan fingerprint density at radius 2 is 1.89 bits per heavy atom. The molecule has 19 heavy (non-hydrogen) atoms. The van der Waals surface area contributed by atoms with E-state index in [1.165, 1.54) is 0 Å². The molecule has 0 radical (unpaired) electrons. The minimum atomic E-state index is -3.46. The van der Waals surface area contributed by atoms with Crippen LogP contribution in [0.3, 0.4) is 0 Å². The highest BCUT2D eigenvalue weighted by Crippen LogP contribution is 2.31. The first-order chi connectivity index (χ1) is 8.86. The number of aliphatic hydroxyl groups is 1. The van der Waals surface area contributed by atoms with Gasteiger partial charge in [-0.05, 0) is 45.5 Å². The lowest BCUT2D eigenvalue weighted by atomic mass is 10.0. The first-order valence-electron chi connectivity index (χ1n) is 6.25. The number of hydrogen-bond donors (Lipinski definition) is 1. The lowest BCUT2D eigenvalue weighted by molar-refractivity contribution is 0.281. The van der Waals surface area contributed by atoms with Crippen molar-refractivity contribution in [3.05, 3.63) is 28.2 Å². The molecular weight excluding hydrogens is 330 g/mol. The Balaban J connectivity index is 2.35. The van der Waals surface area contributed by atoms with Gasteiger partial charge in [0.2, 0.25) is 10.0 Å². The van der Waals surface area contributed by atoms with E-state index < -0.39 is 10.0 Å². The van der Waals surface area contributed by atoms with Gasteiger partial charge in [-0.3, -0.25) is 0 Å². The third kappa shape index (κ3) is 2.86. The van der Waals surface area contributed by atoms with Gasteiger partial charge >= 0.3 is 0 Å². The van der Waals surface area contributed by atoms with Gasteiger partial charge in [0, 0.05) is 17.6 Å². The van der Waals surface area contributed by atoms with E-state index in [4.69, 9.17) is 5.11 Å². The number of aliphatic hydroxyl groups excluding tert-OH is 1.